The molecule has 0 aromatic heterocycles. The molecule has 1 fully saturated rings. The number of piperazine rings is 1. The van der Waals surface area contributed by atoms with Crippen LogP contribution < -0.4 is 9.80 Å². The first kappa shape index (κ1) is 17.4. The molecule has 2 aliphatic rings. The highest BCUT2D eigenvalue weighted by atomic mass is 35.5. The second-order valence-electron chi connectivity index (χ2n) is 7.23. The maximum absolute atomic E-state index is 12.7. The number of anilines is 1. The predicted molar refractivity (Wildman–Crippen MR) is 105 cm³/mol. The van der Waals surface area contributed by atoms with E-state index in [-0.39, 0.29) is 5.91 Å². The smallest absolute Gasteiger partial charge is 0.278 e. The van der Waals surface area contributed by atoms with Gasteiger partial charge in [-0.3, -0.25) is 4.79 Å². The van der Waals surface area contributed by atoms with Crippen molar-refractivity contribution in [2.75, 3.05) is 44.2 Å². The normalized spacial score (nSPS) is 17.9. The third-order valence-electron chi connectivity index (χ3n) is 5.53. The molecule has 136 valence electrons. The Morgan fingerprint density at radius 2 is 1.77 bits per heavy atom. The molecule has 0 radical (unpaired) electrons. The van der Waals surface area contributed by atoms with Crippen LogP contribution in [0.15, 0.2) is 48.5 Å². The zero-order valence-electron chi connectivity index (χ0n) is 15.0. The quantitative estimate of drug-likeness (QED) is 0.889. The van der Waals surface area contributed by atoms with Crippen molar-refractivity contribution in [3.05, 3.63) is 64.7 Å². The van der Waals surface area contributed by atoms with E-state index >= 15 is 0 Å². The van der Waals surface area contributed by atoms with Crippen LogP contribution in [-0.2, 0) is 17.8 Å². The molecule has 2 aromatic carbocycles. The number of nitrogens with zero attached hydrogens (tertiary/aromatic N) is 2. The van der Waals surface area contributed by atoms with Crippen molar-refractivity contribution in [2.24, 2.45) is 0 Å². The Balaban J connectivity index is 1.30. The highest BCUT2D eigenvalue weighted by Gasteiger charge is 2.26. The lowest BCUT2D eigenvalue weighted by molar-refractivity contribution is -0.892. The SMILES string of the molecule is O=C(C[NH+]1CCN(c2cccc(Cl)c2)CC1)N1CCc2ccccc2C1. The molecule has 2 aromatic rings. The van der Waals surface area contributed by atoms with Gasteiger partial charge >= 0.3 is 0 Å². The molecule has 4 rings (SSSR count). The van der Waals surface area contributed by atoms with Gasteiger partial charge in [0.25, 0.3) is 5.91 Å². The van der Waals surface area contributed by atoms with E-state index in [1.165, 1.54) is 21.7 Å². The van der Waals surface area contributed by atoms with Crippen LogP contribution in [0.25, 0.3) is 0 Å². The molecule has 4 nitrogen and oxygen atoms in total. The van der Waals surface area contributed by atoms with Gasteiger partial charge in [-0.2, -0.15) is 0 Å². The molecule has 1 N–H and O–H groups in total. The van der Waals surface area contributed by atoms with Gasteiger partial charge in [0.15, 0.2) is 6.54 Å². The summed E-state index contributed by atoms with van der Waals surface area (Å²) in [6, 6.07) is 16.5. The fourth-order valence-corrected chi connectivity index (χ4v) is 4.15. The minimum atomic E-state index is 0.283. The predicted octanol–water partition coefficient (Wildman–Crippen LogP) is 1.63. The van der Waals surface area contributed by atoms with Gasteiger partial charge in [0.2, 0.25) is 0 Å². The Bertz CT molecular complexity index is 786. The lowest BCUT2D eigenvalue weighted by Gasteiger charge is -2.35. The largest absolute Gasteiger partial charge is 0.360 e. The fraction of sp³-hybridized carbons (Fsp3) is 0.381. The Labute approximate surface area is 160 Å². The van der Waals surface area contributed by atoms with E-state index in [1.54, 1.807) is 0 Å². The Hall–Kier alpha value is -2.04. The lowest BCUT2D eigenvalue weighted by atomic mass is 10.00. The van der Waals surface area contributed by atoms with Crippen LogP contribution in [0.2, 0.25) is 5.02 Å². The zero-order chi connectivity index (χ0) is 17.9. The molecule has 1 saturated heterocycles. The third kappa shape index (κ3) is 3.87. The summed E-state index contributed by atoms with van der Waals surface area (Å²) < 4.78 is 0. The summed E-state index contributed by atoms with van der Waals surface area (Å²) in [6.45, 7) is 6.11. The summed E-state index contributed by atoms with van der Waals surface area (Å²) in [5, 5.41) is 0.776. The van der Waals surface area contributed by atoms with Crippen molar-refractivity contribution < 1.29 is 9.69 Å². The van der Waals surface area contributed by atoms with Crippen LogP contribution in [0.5, 0.6) is 0 Å². The number of quaternary nitrogens is 1. The van der Waals surface area contributed by atoms with Crippen molar-refractivity contribution >= 4 is 23.2 Å². The number of nitrogens with one attached hydrogen (secondary N) is 1. The van der Waals surface area contributed by atoms with Crippen molar-refractivity contribution in [1.29, 1.82) is 0 Å². The number of amides is 1. The van der Waals surface area contributed by atoms with Crippen molar-refractivity contribution in [2.45, 2.75) is 13.0 Å². The summed E-state index contributed by atoms with van der Waals surface area (Å²) in [5.74, 6) is 0.283. The maximum atomic E-state index is 12.7. The average Bonchev–Trinajstić information content (AvgIpc) is 2.68. The van der Waals surface area contributed by atoms with Crippen molar-refractivity contribution in [3.63, 3.8) is 0 Å². The Kier molecular flexibility index (Phi) is 5.14. The standard InChI is InChI=1S/C21H24ClN3O/c22-19-6-3-7-20(14-19)24-12-10-23(11-13-24)16-21(26)25-9-8-17-4-1-2-5-18(17)15-25/h1-7,14H,8-13,15-16H2/p+1. The van der Waals surface area contributed by atoms with E-state index in [0.717, 1.165) is 50.7 Å². The van der Waals surface area contributed by atoms with Crippen LogP contribution in [0.4, 0.5) is 5.69 Å². The summed E-state index contributed by atoms with van der Waals surface area (Å²) in [5.41, 5.74) is 3.86. The minimum absolute atomic E-state index is 0.283. The molecular formula is C21H25ClN3O+. The van der Waals surface area contributed by atoms with Gasteiger partial charge in [-0.1, -0.05) is 41.9 Å². The van der Waals surface area contributed by atoms with Gasteiger partial charge in [0, 0.05) is 23.8 Å². The Morgan fingerprint density at radius 1 is 1.00 bits per heavy atom. The molecule has 0 bridgehead atoms. The maximum Gasteiger partial charge on any atom is 0.278 e. The topological polar surface area (TPSA) is 28.0 Å². The monoisotopic (exact) mass is 370 g/mol. The molecule has 1 amide bonds. The van der Waals surface area contributed by atoms with E-state index in [9.17, 15) is 4.79 Å². The number of hydrogen-bond acceptors (Lipinski definition) is 2. The van der Waals surface area contributed by atoms with Gasteiger partial charge < -0.3 is 14.7 Å². The lowest BCUT2D eigenvalue weighted by Crippen LogP contribution is -3.15. The number of fused-ring (bicyclic) bond motifs is 1. The fourth-order valence-electron chi connectivity index (χ4n) is 3.97. The van der Waals surface area contributed by atoms with Gasteiger partial charge in [0.05, 0.1) is 26.2 Å². The van der Waals surface area contributed by atoms with Gasteiger partial charge in [0.1, 0.15) is 0 Å². The van der Waals surface area contributed by atoms with Crippen LogP contribution >= 0.6 is 11.6 Å². The van der Waals surface area contributed by atoms with E-state index < -0.39 is 0 Å². The second kappa shape index (κ2) is 7.68. The minimum Gasteiger partial charge on any atom is -0.360 e. The zero-order valence-corrected chi connectivity index (χ0v) is 15.7. The molecule has 5 heteroatoms. The van der Waals surface area contributed by atoms with E-state index in [0.29, 0.717) is 6.54 Å². The summed E-state index contributed by atoms with van der Waals surface area (Å²) in [7, 11) is 0. The summed E-state index contributed by atoms with van der Waals surface area (Å²) >= 11 is 6.10. The third-order valence-corrected chi connectivity index (χ3v) is 5.76. The number of benzene rings is 2. The molecule has 0 aliphatic carbocycles. The molecule has 26 heavy (non-hydrogen) atoms. The molecular weight excluding hydrogens is 346 g/mol. The van der Waals surface area contributed by atoms with Crippen LogP contribution in [0.3, 0.4) is 0 Å². The molecule has 2 heterocycles. The highest BCUT2D eigenvalue weighted by molar-refractivity contribution is 6.30. The van der Waals surface area contributed by atoms with E-state index in [2.05, 4.69) is 35.2 Å². The van der Waals surface area contributed by atoms with Crippen molar-refractivity contribution in [3.8, 4) is 0 Å². The first-order valence-electron chi connectivity index (χ1n) is 9.38. The van der Waals surface area contributed by atoms with Crippen LogP contribution in [0.1, 0.15) is 11.1 Å². The number of carbonyl (C=O) groups excluding carboxylic acids is 1. The molecule has 0 unspecified atom stereocenters. The molecule has 0 saturated carbocycles. The van der Waals surface area contributed by atoms with Crippen LogP contribution in [-0.4, -0.2) is 50.1 Å². The molecule has 0 spiro atoms. The molecule has 0 atom stereocenters. The number of hydrogen-bond donors (Lipinski definition) is 1. The number of carbonyl (C=O) groups is 1. The van der Waals surface area contributed by atoms with Crippen LogP contribution in [0, 0.1) is 0 Å². The summed E-state index contributed by atoms with van der Waals surface area (Å²) in [6.07, 6.45) is 0.972. The number of halogens is 1. The van der Waals surface area contributed by atoms with Gasteiger partial charge in [-0.15, -0.1) is 0 Å². The highest BCUT2D eigenvalue weighted by Crippen LogP contribution is 2.20. The first-order valence-corrected chi connectivity index (χ1v) is 9.75. The van der Waals surface area contributed by atoms with Crippen molar-refractivity contribution in [1.82, 2.24) is 4.90 Å². The van der Waals surface area contributed by atoms with Gasteiger partial charge in [-0.25, -0.2) is 0 Å². The van der Waals surface area contributed by atoms with E-state index in [1.807, 2.05) is 23.1 Å². The number of rotatable bonds is 3. The average molecular weight is 371 g/mol. The molecule has 2 aliphatic heterocycles. The Morgan fingerprint density at radius 3 is 2.54 bits per heavy atom. The van der Waals surface area contributed by atoms with E-state index in [4.69, 9.17) is 11.6 Å². The summed E-state index contributed by atoms with van der Waals surface area (Å²) in [4.78, 5) is 18.5. The first-order chi connectivity index (χ1) is 12.7. The second-order valence-corrected chi connectivity index (χ2v) is 7.66. The van der Waals surface area contributed by atoms with Gasteiger partial charge in [-0.05, 0) is 35.7 Å².